The van der Waals surface area contributed by atoms with Gasteiger partial charge in [-0.1, -0.05) is 50.5 Å². The predicted molar refractivity (Wildman–Crippen MR) is 87.0 cm³/mol. The van der Waals surface area contributed by atoms with E-state index in [0.29, 0.717) is 12.1 Å². The molecule has 0 heterocycles. The van der Waals surface area contributed by atoms with Crippen LogP contribution in [0.1, 0.15) is 50.2 Å². The largest absolute Gasteiger partial charge is 0.313 e. The predicted octanol–water partition coefficient (Wildman–Crippen LogP) is 3.74. The van der Waals surface area contributed by atoms with Gasteiger partial charge in [-0.15, -0.1) is 0 Å². The van der Waals surface area contributed by atoms with E-state index in [4.69, 9.17) is 0 Å². The highest BCUT2D eigenvalue weighted by Crippen LogP contribution is 2.23. The van der Waals surface area contributed by atoms with Crippen LogP contribution < -0.4 is 5.32 Å². The molecule has 1 fully saturated rings. The maximum absolute atomic E-state index is 3.71. The number of aryl methyl sites for hydroxylation is 1. The molecule has 20 heavy (non-hydrogen) atoms. The van der Waals surface area contributed by atoms with Crippen LogP contribution in [0.3, 0.4) is 0 Å². The highest BCUT2D eigenvalue weighted by molar-refractivity contribution is 5.25. The van der Waals surface area contributed by atoms with Gasteiger partial charge in [0.2, 0.25) is 0 Å². The summed E-state index contributed by atoms with van der Waals surface area (Å²) in [4.78, 5) is 2.57. The van der Waals surface area contributed by atoms with Gasteiger partial charge in [-0.25, -0.2) is 0 Å². The molecule has 0 radical (unpaired) electrons. The molecule has 0 aromatic heterocycles. The van der Waals surface area contributed by atoms with E-state index in [-0.39, 0.29) is 0 Å². The van der Waals surface area contributed by atoms with Gasteiger partial charge in [0.15, 0.2) is 0 Å². The summed E-state index contributed by atoms with van der Waals surface area (Å²) in [7, 11) is 2.30. The summed E-state index contributed by atoms with van der Waals surface area (Å²) >= 11 is 0. The third-order valence-corrected chi connectivity index (χ3v) is 4.69. The van der Waals surface area contributed by atoms with E-state index in [9.17, 15) is 0 Å². The van der Waals surface area contributed by atoms with E-state index in [0.717, 1.165) is 13.1 Å². The number of rotatable bonds is 5. The molecule has 1 saturated carbocycles. The highest BCUT2D eigenvalue weighted by atomic mass is 15.2. The summed E-state index contributed by atoms with van der Waals surface area (Å²) < 4.78 is 0. The fourth-order valence-corrected chi connectivity index (χ4v) is 3.49. The van der Waals surface area contributed by atoms with Crippen molar-refractivity contribution in [2.45, 2.75) is 64.6 Å². The Kier molecular flexibility index (Phi) is 6.06. The first-order chi connectivity index (χ1) is 9.72. The summed E-state index contributed by atoms with van der Waals surface area (Å²) in [6.07, 6.45) is 6.82. The van der Waals surface area contributed by atoms with Crippen molar-refractivity contribution in [3.05, 3.63) is 35.4 Å². The second-order valence-electron chi connectivity index (χ2n) is 6.21. The lowest BCUT2D eigenvalue weighted by Crippen LogP contribution is -2.47. The minimum Gasteiger partial charge on any atom is -0.313 e. The minimum atomic E-state index is 0.663. The van der Waals surface area contributed by atoms with Crippen molar-refractivity contribution in [1.29, 1.82) is 0 Å². The average Bonchev–Trinajstić information content (AvgIpc) is 2.67. The van der Waals surface area contributed by atoms with Gasteiger partial charge in [0.1, 0.15) is 0 Å². The van der Waals surface area contributed by atoms with Crippen LogP contribution in [0.15, 0.2) is 24.3 Å². The standard InChI is InChI=1S/C18H30N2/c1-4-19-17-12-6-5-7-13-18(17)20(3)14-16-11-9-8-10-15(16)2/h8-11,17-19H,4-7,12-14H2,1-3H3. The number of nitrogens with one attached hydrogen (secondary N) is 1. The van der Waals surface area contributed by atoms with Crippen molar-refractivity contribution in [2.24, 2.45) is 0 Å². The second-order valence-corrected chi connectivity index (χ2v) is 6.21. The van der Waals surface area contributed by atoms with Gasteiger partial charge in [-0.2, -0.15) is 0 Å². The van der Waals surface area contributed by atoms with Gasteiger partial charge >= 0.3 is 0 Å². The molecule has 1 aliphatic rings. The van der Waals surface area contributed by atoms with Crippen molar-refractivity contribution in [3.63, 3.8) is 0 Å². The van der Waals surface area contributed by atoms with E-state index in [2.05, 4.69) is 55.4 Å². The fourth-order valence-electron chi connectivity index (χ4n) is 3.49. The Balaban J connectivity index is 2.04. The summed E-state index contributed by atoms with van der Waals surface area (Å²) in [6.45, 7) is 6.60. The smallest absolute Gasteiger partial charge is 0.0249 e. The molecular formula is C18H30N2. The Labute approximate surface area is 124 Å². The third-order valence-electron chi connectivity index (χ3n) is 4.69. The van der Waals surface area contributed by atoms with Crippen molar-refractivity contribution < 1.29 is 0 Å². The molecule has 2 atom stereocenters. The number of likely N-dealkylation sites (N-methyl/N-ethyl adjacent to an activating group) is 2. The lowest BCUT2D eigenvalue weighted by molar-refractivity contribution is 0.175. The first-order valence-corrected chi connectivity index (χ1v) is 8.20. The van der Waals surface area contributed by atoms with Crippen LogP contribution in [-0.4, -0.2) is 30.6 Å². The number of hydrogen-bond acceptors (Lipinski definition) is 2. The van der Waals surface area contributed by atoms with Crippen molar-refractivity contribution in [3.8, 4) is 0 Å². The normalized spacial score (nSPS) is 23.8. The SMILES string of the molecule is CCNC1CCCCCC1N(C)Cc1ccccc1C. The zero-order valence-electron chi connectivity index (χ0n) is 13.4. The zero-order chi connectivity index (χ0) is 14.4. The van der Waals surface area contributed by atoms with E-state index in [1.165, 1.54) is 43.2 Å². The van der Waals surface area contributed by atoms with Gasteiger partial charge < -0.3 is 5.32 Å². The van der Waals surface area contributed by atoms with Crippen molar-refractivity contribution in [1.82, 2.24) is 10.2 Å². The van der Waals surface area contributed by atoms with E-state index >= 15 is 0 Å². The van der Waals surface area contributed by atoms with Crippen LogP contribution in [0.2, 0.25) is 0 Å². The Morgan fingerprint density at radius 2 is 1.90 bits per heavy atom. The van der Waals surface area contributed by atoms with E-state index in [1.54, 1.807) is 0 Å². The highest BCUT2D eigenvalue weighted by Gasteiger charge is 2.26. The molecule has 2 unspecified atom stereocenters. The van der Waals surface area contributed by atoms with Crippen LogP contribution in [0.5, 0.6) is 0 Å². The molecule has 2 rings (SSSR count). The maximum Gasteiger partial charge on any atom is 0.0249 e. The van der Waals surface area contributed by atoms with Gasteiger partial charge in [0.25, 0.3) is 0 Å². The van der Waals surface area contributed by atoms with Crippen LogP contribution in [-0.2, 0) is 6.54 Å². The minimum absolute atomic E-state index is 0.663. The van der Waals surface area contributed by atoms with E-state index in [1.807, 2.05) is 0 Å². The molecule has 1 aromatic carbocycles. The third kappa shape index (κ3) is 4.07. The summed E-state index contributed by atoms with van der Waals surface area (Å²) in [5.41, 5.74) is 2.88. The zero-order valence-corrected chi connectivity index (χ0v) is 13.4. The quantitative estimate of drug-likeness (QED) is 0.823. The van der Waals surface area contributed by atoms with Gasteiger partial charge in [0, 0.05) is 18.6 Å². The van der Waals surface area contributed by atoms with Gasteiger partial charge in [0.05, 0.1) is 0 Å². The maximum atomic E-state index is 3.71. The molecule has 1 aromatic rings. The monoisotopic (exact) mass is 274 g/mol. The lowest BCUT2D eigenvalue weighted by atomic mass is 10.00. The molecule has 0 bridgehead atoms. The van der Waals surface area contributed by atoms with Crippen LogP contribution in [0.4, 0.5) is 0 Å². The number of hydrogen-bond donors (Lipinski definition) is 1. The number of nitrogens with zero attached hydrogens (tertiary/aromatic N) is 1. The Morgan fingerprint density at radius 1 is 1.15 bits per heavy atom. The van der Waals surface area contributed by atoms with Gasteiger partial charge in [-0.05, 0) is 44.5 Å². The molecule has 2 nitrogen and oxygen atoms in total. The molecule has 0 saturated heterocycles. The van der Waals surface area contributed by atoms with Gasteiger partial charge in [-0.3, -0.25) is 4.90 Å². The molecular weight excluding hydrogens is 244 g/mol. The molecule has 0 amide bonds. The van der Waals surface area contributed by atoms with Crippen molar-refractivity contribution in [2.75, 3.05) is 13.6 Å². The topological polar surface area (TPSA) is 15.3 Å². The molecule has 2 heteroatoms. The number of benzene rings is 1. The summed E-state index contributed by atoms with van der Waals surface area (Å²) in [5.74, 6) is 0. The fraction of sp³-hybridized carbons (Fsp3) is 0.667. The average molecular weight is 274 g/mol. The molecule has 0 spiro atoms. The Hall–Kier alpha value is -0.860. The molecule has 1 N–H and O–H groups in total. The van der Waals surface area contributed by atoms with Crippen molar-refractivity contribution >= 4 is 0 Å². The lowest BCUT2D eigenvalue weighted by Gasteiger charge is -2.34. The Bertz CT molecular complexity index is 402. The second kappa shape index (κ2) is 7.80. The van der Waals surface area contributed by atoms with Crippen LogP contribution in [0, 0.1) is 6.92 Å². The first kappa shape index (κ1) is 15.5. The Morgan fingerprint density at radius 3 is 2.65 bits per heavy atom. The summed E-state index contributed by atoms with van der Waals surface area (Å²) in [5, 5.41) is 3.71. The molecule has 112 valence electrons. The first-order valence-electron chi connectivity index (χ1n) is 8.20. The van der Waals surface area contributed by atoms with E-state index < -0.39 is 0 Å². The van der Waals surface area contributed by atoms with Crippen LogP contribution >= 0.6 is 0 Å². The molecule has 1 aliphatic carbocycles. The van der Waals surface area contributed by atoms with Crippen LogP contribution in [0.25, 0.3) is 0 Å². The molecule has 0 aliphatic heterocycles. The summed E-state index contributed by atoms with van der Waals surface area (Å²) in [6, 6.07) is 10.1.